The van der Waals surface area contributed by atoms with Crippen LogP contribution < -0.4 is 10.6 Å². The molecule has 0 atom stereocenters. The quantitative estimate of drug-likeness (QED) is 0.713. The average Bonchev–Trinajstić information content (AvgIpc) is 3.39. The molecule has 0 bridgehead atoms. The summed E-state index contributed by atoms with van der Waals surface area (Å²) in [4.78, 5) is 12.2. The second kappa shape index (κ2) is 6.63. The van der Waals surface area contributed by atoms with Crippen LogP contribution in [0.4, 0.5) is 20.6 Å². The molecule has 26 heavy (non-hydrogen) atoms. The van der Waals surface area contributed by atoms with E-state index >= 15 is 0 Å². The van der Waals surface area contributed by atoms with Crippen LogP contribution in [-0.2, 0) is 7.05 Å². The molecule has 5 nitrogen and oxygen atoms in total. The molecule has 1 aliphatic carbocycles. The summed E-state index contributed by atoms with van der Waals surface area (Å²) in [5.41, 5.74) is 4.59. The second-order valence-corrected chi connectivity index (χ2v) is 6.51. The Kier molecular flexibility index (Phi) is 4.16. The first-order valence-electron chi connectivity index (χ1n) is 8.56. The number of amides is 2. The summed E-state index contributed by atoms with van der Waals surface area (Å²) in [5, 5.41) is 9.90. The lowest BCUT2D eigenvalue weighted by molar-refractivity contribution is 0.262. The fourth-order valence-electron chi connectivity index (χ4n) is 3.07. The van der Waals surface area contributed by atoms with E-state index in [1.165, 1.54) is 42.7 Å². The number of nitrogens with one attached hydrogen (secondary N) is 2. The van der Waals surface area contributed by atoms with Crippen molar-refractivity contribution in [2.24, 2.45) is 7.05 Å². The molecule has 0 unspecified atom stereocenters. The molecule has 2 aromatic carbocycles. The highest BCUT2D eigenvalue weighted by Gasteiger charge is 2.28. The molecule has 1 aromatic heterocycles. The van der Waals surface area contributed by atoms with Crippen LogP contribution in [0.15, 0.2) is 54.7 Å². The predicted molar refractivity (Wildman–Crippen MR) is 99.7 cm³/mol. The first-order valence-corrected chi connectivity index (χ1v) is 8.56. The van der Waals surface area contributed by atoms with Gasteiger partial charge in [-0.15, -0.1) is 0 Å². The fraction of sp³-hybridized carbons (Fsp3) is 0.200. The van der Waals surface area contributed by atoms with E-state index in [1.54, 1.807) is 0 Å². The largest absolute Gasteiger partial charge is 0.323 e. The van der Waals surface area contributed by atoms with Gasteiger partial charge in [-0.2, -0.15) is 5.10 Å². The molecule has 3 aromatic rings. The highest BCUT2D eigenvalue weighted by Crippen LogP contribution is 2.44. The van der Waals surface area contributed by atoms with Crippen LogP contribution in [0.1, 0.15) is 24.3 Å². The Hall–Kier alpha value is -3.15. The molecule has 1 heterocycles. The Labute approximate surface area is 150 Å². The lowest BCUT2D eigenvalue weighted by Gasteiger charge is -2.10. The van der Waals surface area contributed by atoms with E-state index in [2.05, 4.69) is 15.7 Å². The van der Waals surface area contributed by atoms with Crippen LogP contribution in [0.2, 0.25) is 0 Å². The Morgan fingerprint density at radius 2 is 1.85 bits per heavy atom. The number of aryl methyl sites for hydroxylation is 1. The zero-order chi connectivity index (χ0) is 18.1. The van der Waals surface area contributed by atoms with Crippen molar-refractivity contribution in [2.45, 2.75) is 18.8 Å². The van der Waals surface area contributed by atoms with E-state index < -0.39 is 0 Å². The van der Waals surface area contributed by atoms with Crippen LogP contribution in [0, 0.1) is 5.82 Å². The van der Waals surface area contributed by atoms with Crippen molar-refractivity contribution in [3.8, 4) is 11.3 Å². The van der Waals surface area contributed by atoms with Gasteiger partial charge in [-0.3, -0.25) is 4.68 Å². The topological polar surface area (TPSA) is 59.0 Å². The summed E-state index contributed by atoms with van der Waals surface area (Å²) in [6, 6.07) is 13.0. The van der Waals surface area contributed by atoms with Crippen molar-refractivity contribution < 1.29 is 9.18 Å². The number of aromatic nitrogens is 2. The lowest BCUT2D eigenvalue weighted by atomic mass is 10.0. The van der Waals surface area contributed by atoms with Crippen molar-refractivity contribution in [1.29, 1.82) is 0 Å². The molecule has 4 rings (SSSR count). The van der Waals surface area contributed by atoms with Gasteiger partial charge in [0.2, 0.25) is 0 Å². The number of hydrogen-bond acceptors (Lipinski definition) is 2. The van der Waals surface area contributed by atoms with Crippen molar-refractivity contribution in [1.82, 2.24) is 9.78 Å². The van der Waals surface area contributed by atoms with Crippen LogP contribution in [0.3, 0.4) is 0 Å². The number of anilines is 2. The van der Waals surface area contributed by atoms with Gasteiger partial charge in [0.1, 0.15) is 5.82 Å². The van der Waals surface area contributed by atoms with E-state index in [0.29, 0.717) is 17.3 Å². The van der Waals surface area contributed by atoms with Crippen LogP contribution in [0.5, 0.6) is 0 Å². The summed E-state index contributed by atoms with van der Waals surface area (Å²) in [6.07, 6.45) is 4.35. The molecule has 6 heteroatoms. The zero-order valence-electron chi connectivity index (χ0n) is 14.4. The van der Waals surface area contributed by atoms with Gasteiger partial charge >= 0.3 is 6.03 Å². The van der Waals surface area contributed by atoms with Gasteiger partial charge in [-0.1, -0.05) is 12.1 Å². The summed E-state index contributed by atoms with van der Waals surface area (Å²) >= 11 is 0. The number of carbonyl (C=O) groups is 1. The van der Waals surface area contributed by atoms with E-state index in [1.807, 2.05) is 42.2 Å². The van der Waals surface area contributed by atoms with E-state index in [0.717, 1.165) is 11.3 Å². The van der Waals surface area contributed by atoms with Crippen molar-refractivity contribution in [3.63, 3.8) is 0 Å². The number of rotatable bonds is 4. The van der Waals surface area contributed by atoms with Gasteiger partial charge in [-0.05, 0) is 55.2 Å². The summed E-state index contributed by atoms with van der Waals surface area (Å²) in [7, 11) is 1.93. The van der Waals surface area contributed by atoms with Gasteiger partial charge in [0.25, 0.3) is 0 Å². The zero-order valence-corrected chi connectivity index (χ0v) is 14.4. The maximum Gasteiger partial charge on any atom is 0.323 e. The molecular formula is C20H19FN4O. The first-order chi connectivity index (χ1) is 12.6. The average molecular weight is 350 g/mol. The summed E-state index contributed by atoms with van der Waals surface area (Å²) < 4.78 is 14.8. The molecule has 0 radical (unpaired) electrons. The standard InChI is InChI=1S/C20H19FN4O/c1-25-19(18(12-22-25)13-5-6-13)14-3-2-4-17(11-14)24-20(26)23-16-9-7-15(21)8-10-16/h2-4,7-13H,5-6H2,1H3,(H2,23,24,26). The van der Waals surface area contributed by atoms with E-state index in [-0.39, 0.29) is 11.8 Å². The molecule has 2 amide bonds. The highest BCUT2D eigenvalue weighted by atomic mass is 19.1. The minimum Gasteiger partial charge on any atom is -0.308 e. The molecule has 0 saturated heterocycles. The lowest BCUT2D eigenvalue weighted by Crippen LogP contribution is -2.19. The summed E-state index contributed by atoms with van der Waals surface area (Å²) in [6.45, 7) is 0. The molecule has 132 valence electrons. The smallest absolute Gasteiger partial charge is 0.308 e. The number of nitrogens with zero attached hydrogens (tertiary/aromatic N) is 2. The van der Waals surface area contributed by atoms with Gasteiger partial charge in [0.15, 0.2) is 0 Å². The van der Waals surface area contributed by atoms with Crippen LogP contribution in [-0.4, -0.2) is 15.8 Å². The SMILES string of the molecule is Cn1ncc(C2CC2)c1-c1cccc(NC(=O)Nc2ccc(F)cc2)c1. The first kappa shape index (κ1) is 16.3. The minimum absolute atomic E-state index is 0.341. The fourth-order valence-corrected chi connectivity index (χ4v) is 3.07. The van der Waals surface area contributed by atoms with Crippen molar-refractivity contribution in [3.05, 3.63) is 66.1 Å². The summed E-state index contributed by atoms with van der Waals surface area (Å²) in [5.74, 6) is 0.253. The molecular weight excluding hydrogens is 331 g/mol. The molecule has 0 spiro atoms. The predicted octanol–water partition coefficient (Wildman–Crippen LogP) is 4.75. The minimum atomic E-state index is -0.374. The van der Waals surface area contributed by atoms with Gasteiger partial charge in [-0.25, -0.2) is 9.18 Å². The Morgan fingerprint density at radius 1 is 1.12 bits per heavy atom. The van der Waals surface area contributed by atoms with Gasteiger partial charge in [0, 0.05) is 29.5 Å². The molecule has 1 aliphatic rings. The third-order valence-corrected chi connectivity index (χ3v) is 4.48. The van der Waals surface area contributed by atoms with E-state index in [9.17, 15) is 9.18 Å². The van der Waals surface area contributed by atoms with Gasteiger partial charge < -0.3 is 10.6 Å². The van der Waals surface area contributed by atoms with Crippen molar-refractivity contribution >= 4 is 17.4 Å². The van der Waals surface area contributed by atoms with Crippen molar-refractivity contribution in [2.75, 3.05) is 10.6 Å². The van der Waals surface area contributed by atoms with Gasteiger partial charge in [0.05, 0.1) is 11.9 Å². The molecule has 1 fully saturated rings. The number of urea groups is 1. The number of benzene rings is 2. The third kappa shape index (κ3) is 3.44. The monoisotopic (exact) mass is 350 g/mol. The third-order valence-electron chi connectivity index (χ3n) is 4.48. The van der Waals surface area contributed by atoms with E-state index in [4.69, 9.17) is 0 Å². The Morgan fingerprint density at radius 3 is 2.58 bits per heavy atom. The maximum absolute atomic E-state index is 12.9. The molecule has 2 N–H and O–H groups in total. The second-order valence-electron chi connectivity index (χ2n) is 6.51. The normalized spacial score (nSPS) is 13.5. The number of carbonyl (C=O) groups excluding carboxylic acids is 1. The molecule has 0 aliphatic heterocycles. The Bertz CT molecular complexity index is 945. The maximum atomic E-state index is 12.9. The molecule has 1 saturated carbocycles. The highest BCUT2D eigenvalue weighted by molar-refractivity contribution is 6.00. The van der Waals surface area contributed by atoms with Crippen LogP contribution >= 0.6 is 0 Å². The number of halogens is 1. The number of hydrogen-bond donors (Lipinski definition) is 2. The Balaban J connectivity index is 1.52. The van der Waals surface area contributed by atoms with Crippen LogP contribution in [0.25, 0.3) is 11.3 Å².